The summed E-state index contributed by atoms with van der Waals surface area (Å²) in [4.78, 5) is 16.6. The van der Waals surface area contributed by atoms with Crippen molar-refractivity contribution in [2.45, 2.75) is 37.6 Å². The number of aromatic nitrogens is 3. The molecule has 0 aliphatic carbocycles. The molecule has 2 aliphatic heterocycles. The minimum absolute atomic E-state index is 0.0127. The van der Waals surface area contributed by atoms with Gasteiger partial charge in [0.05, 0.1) is 16.1 Å². The Kier molecular flexibility index (Phi) is 4.89. The van der Waals surface area contributed by atoms with E-state index in [2.05, 4.69) is 10.3 Å². The number of carbonyl (C=O) groups is 1. The van der Waals surface area contributed by atoms with Crippen LogP contribution in [-0.4, -0.2) is 50.4 Å². The van der Waals surface area contributed by atoms with Gasteiger partial charge in [-0.25, -0.2) is 4.39 Å². The fourth-order valence-corrected chi connectivity index (χ4v) is 4.98. The number of hydrogen-bond donors (Lipinski definition) is 1. The van der Waals surface area contributed by atoms with Gasteiger partial charge in [0.2, 0.25) is 11.9 Å². The van der Waals surface area contributed by atoms with E-state index in [1.54, 1.807) is 15.6 Å². The van der Waals surface area contributed by atoms with E-state index in [4.69, 9.17) is 17.0 Å². The van der Waals surface area contributed by atoms with E-state index < -0.39 is 5.82 Å². The van der Waals surface area contributed by atoms with Crippen molar-refractivity contribution in [1.82, 2.24) is 19.9 Å². The van der Waals surface area contributed by atoms with Crippen LogP contribution in [0.2, 0.25) is 5.02 Å². The molecule has 31 heavy (non-hydrogen) atoms. The summed E-state index contributed by atoms with van der Waals surface area (Å²) in [7, 11) is 0. The zero-order chi connectivity index (χ0) is 21.6. The standard InChI is InChI=1S/C22H22ClFN6O/c23-16-8-7-15(14-17(16)24)29-20(31)6-3-9-22(29)10-12-28(13-11-22)21(25)30-19-5-2-1-4-18(19)26-27-30/h1-2,4-5,7-8,14,25H,3,6,9-13H2. The summed E-state index contributed by atoms with van der Waals surface area (Å²) < 4.78 is 15.7. The number of anilines is 1. The van der Waals surface area contributed by atoms with E-state index in [0.717, 1.165) is 23.9 Å². The van der Waals surface area contributed by atoms with Gasteiger partial charge in [-0.05, 0) is 56.0 Å². The molecule has 1 amide bonds. The van der Waals surface area contributed by atoms with Gasteiger partial charge < -0.3 is 9.80 Å². The van der Waals surface area contributed by atoms with Gasteiger partial charge in [-0.1, -0.05) is 28.9 Å². The van der Waals surface area contributed by atoms with E-state index in [9.17, 15) is 9.18 Å². The second-order valence-electron chi connectivity index (χ2n) is 8.21. The molecule has 9 heteroatoms. The Balaban J connectivity index is 1.39. The van der Waals surface area contributed by atoms with Crippen molar-refractivity contribution >= 4 is 40.2 Å². The number of likely N-dealkylation sites (tertiary alicyclic amines) is 1. The number of amides is 1. The number of para-hydroxylation sites is 1. The van der Waals surface area contributed by atoms with Crippen LogP contribution in [0.15, 0.2) is 42.5 Å². The monoisotopic (exact) mass is 440 g/mol. The lowest BCUT2D eigenvalue weighted by molar-refractivity contribution is -0.122. The molecule has 1 spiro atoms. The molecule has 0 bridgehead atoms. The lowest BCUT2D eigenvalue weighted by atomic mass is 9.78. The number of benzene rings is 2. The fourth-order valence-electron chi connectivity index (χ4n) is 4.87. The van der Waals surface area contributed by atoms with Gasteiger partial charge in [0.1, 0.15) is 11.3 Å². The Bertz CT molecular complexity index is 1170. The van der Waals surface area contributed by atoms with Crippen LogP contribution in [0.4, 0.5) is 10.1 Å². The van der Waals surface area contributed by atoms with Crippen molar-refractivity contribution in [2.75, 3.05) is 18.0 Å². The quantitative estimate of drug-likeness (QED) is 0.457. The maximum absolute atomic E-state index is 14.1. The first-order chi connectivity index (χ1) is 15.0. The highest BCUT2D eigenvalue weighted by atomic mass is 35.5. The van der Waals surface area contributed by atoms with E-state index in [0.29, 0.717) is 38.0 Å². The highest BCUT2D eigenvalue weighted by Gasteiger charge is 2.45. The summed E-state index contributed by atoms with van der Waals surface area (Å²) in [5.74, 6) is -0.237. The molecule has 7 nitrogen and oxygen atoms in total. The lowest BCUT2D eigenvalue weighted by Gasteiger charge is -2.51. The summed E-state index contributed by atoms with van der Waals surface area (Å²) in [6.45, 7) is 1.21. The van der Waals surface area contributed by atoms with E-state index >= 15 is 0 Å². The molecular weight excluding hydrogens is 419 g/mol. The predicted molar refractivity (Wildman–Crippen MR) is 117 cm³/mol. The van der Waals surface area contributed by atoms with Gasteiger partial charge >= 0.3 is 0 Å². The van der Waals surface area contributed by atoms with Crippen LogP contribution in [-0.2, 0) is 4.79 Å². The minimum Gasteiger partial charge on any atom is -0.341 e. The molecular formula is C22H22ClFN6O. The second-order valence-corrected chi connectivity index (χ2v) is 8.61. The maximum atomic E-state index is 14.1. The van der Waals surface area contributed by atoms with E-state index in [1.807, 2.05) is 29.2 Å². The number of nitrogens with one attached hydrogen (secondary N) is 1. The SMILES string of the molecule is N=C(N1CCC2(CCCC(=O)N2c2ccc(Cl)c(F)c2)CC1)n1nnc2ccccc21. The van der Waals surface area contributed by atoms with Crippen LogP contribution < -0.4 is 4.90 Å². The predicted octanol–water partition coefficient (Wildman–Crippen LogP) is 4.06. The first-order valence-corrected chi connectivity index (χ1v) is 10.8. The highest BCUT2D eigenvalue weighted by Crippen LogP contribution is 2.41. The Morgan fingerprint density at radius 2 is 1.90 bits per heavy atom. The van der Waals surface area contributed by atoms with Crippen molar-refractivity contribution in [1.29, 1.82) is 5.41 Å². The summed E-state index contributed by atoms with van der Waals surface area (Å²) in [5.41, 5.74) is 1.71. The molecule has 5 rings (SSSR count). The number of nitrogens with zero attached hydrogens (tertiary/aromatic N) is 5. The maximum Gasteiger partial charge on any atom is 0.227 e. The Labute approximate surface area is 183 Å². The van der Waals surface area contributed by atoms with Gasteiger partial charge in [0, 0.05) is 25.2 Å². The first-order valence-electron chi connectivity index (χ1n) is 10.4. The molecule has 2 fully saturated rings. The van der Waals surface area contributed by atoms with Gasteiger partial charge in [0.15, 0.2) is 0 Å². The molecule has 160 valence electrons. The second kappa shape index (κ2) is 7.60. The molecule has 0 radical (unpaired) electrons. The molecule has 3 heterocycles. The van der Waals surface area contributed by atoms with Crippen molar-refractivity contribution in [2.24, 2.45) is 0 Å². The number of piperidine rings is 2. The molecule has 0 atom stereocenters. The molecule has 1 N–H and O–H groups in total. The fraction of sp³-hybridized carbons (Fsp3) is 0.364. The highest BCUT2D eigenvalue weighted by molar-refractivity contribution is 6.30. The Morgan fingerprint density at radius 1 is 1.13 bits per heavy atom. The average molecular weight is 441 g/mol. The van der Waals surface area contributed by atoms with Gasteiger partial charge in [-0.2, -0.15) is 4.68 Å². The normalized spacial score (nSPS) is 18.7. The van der Waals surface area contributed by atoms with Gasteiger partial charge in [-0.15, -0.1) is 5.10 Å². The molecule has 2 saturated heterocycles. The van der Waals surface area contributed by atoms with Gasteiger partial charge in [-0.3, -0.25) is 10.2 Å². The third kappa shape index (κ3) is 3.35. The minimum atomic E-state index is -0.523. The summed E-state index contributed by atoms with van der Waals surface area (Å²) in [5, 5.41) is 17.0. The van der Waals surface area contributed by atoms with Crippen molar-refractivity contribution < 1.29 is 9.18 Å². The number of carbonyl (C=O) groups excluding carboxylic acids is 1. The van der Waals surface area contributed by atoms with Crippen LogP contribution in [0.3, 0.4) is 0 Å². The van der Waals surface area contributed by atoms with Crippen molar-refractivity contribution in [3.8, 4) is 0 Å². The van der Waals surface area contributed by atoms with E-state index in [-0.39, 0.29) is 22.4 Å². The zero-order valence-electron chi connectivity index (χ0n) is 16.9. The third-order valence-corrected chi connectivity index (χ3v) is 6.77. The summed E-state index contributed by atoms with van der Waals surface area (Å²) >= 11 is 5.86. The average Bonchev–Trinajstić information content (AvgIpc) is 3.20. The number of fused-ring (bicyclic) bond motifs is 1. The molecule has 2 aromatic carbocycles. The Morgan fingerprint density at radius 3 is 2.68 bits per heavy atom. The molecule has 0 unspecified atom stereocenters. The summed E-state index contributed by atoms with van der Waals surface area (Å²) in [6, 6.07) is 12.1. The molecule has 1 aromatic heterocycles. The molecule has 3 aromatic rings. The Hall–Kier alpha value is -3.00. The third-order valence-electron chi connectivity index (χ3n) is 6.46. The summed E-state index contributed by atoms with van der Waals surface area (Å²) in [6.07, 6.45) is 3.51. The van der Waals surface area contributed by atoms with Crippen molar-refractivity contribution in [3.05, 3.63) is 53.3 Å². The smallest absolute Gasteiger partial charge is 0.227 e. The van der Waals surface area contributed by atoms with Crippen LogP contribution >= 0.6 is 11.6 Å². The van der Waals surface area contributed by atoms with Crippen LogP contribution in [0.25, 0.3) is 11.0 Å². The number of rotatable bonds is 1. The number of halogens is 2. The zero-order valence-corrected chi connectivity index (χ0v) is 17.6. The number of hydrogen-bond acceptors (Lipinski definition) is 4. The van der Waals surface area contributed by atoms with Gasteiger partial charge in [0.25, 0.3) is 0 Å². The van der Waals surface area contributed by atoms with Crippen LogP contribution in [0, 0.1) is 11.2 Å². The van der Waals surface area contributed by atoms with Crippen LogP contribution in [0.1, 0.15) is 32.1 Å². The van der Waals surface area contributed by atoms with Crippen LogP contribution in [0.5, 0.6) is 0 Å². The molecule has 0 saturated carbocycles. The first kappa shape index (κ1) is 19.9. The largest absolute Gasteiger partial charge is 0.341 e. The van der Waals surface area contributed by atoms with E-state index in [1.165, 1.54) is 12.1 Å². The lowest BCUT2D eigenvalue weighted by Crippen LogP contribution is -2.60. The van der Waals surface area contributed by atoms with Crippen molar-refractivity contribution in [3.63, 3.8) is 0 Å². The molecule has 2 aliphatic rings. The topological polar surface area (TPSA) is 78.1 Å².